The van der Waals surface area contributed by atoms with Gasteiger partial charge in [0.1, 0.15) is 29.0 Å². The molecule has 1 saturated carbocycles. The summed E-state index contributed by atoms with van der Waals surface area (Å²) in [5.74, 6) is -1.37. The molecule has 3 N–H and O–H groups in total. The van der Waals surface area contributed by atoms with Crippen LogP contribution in [0.3, 0.4) is 0 Å². The number of non-ortho nitro benzene ring substituents is 1. The molecule has 2 aliphatic carbocycles. The maximum Gasteiger partial charge on any atom is 0.417 e. The molecule has 7 atom stereocenters. The van der Waals surface area contributed by atoms with Crippen molar-refractivity contribution in [3.8, 4) is 23.0 Å². The molecule has 1 saturated heterocycles. The Morgan fingerprint density at radius 3 is 2.46 bits per heavy atom. The van der Waals surface area contributed by atoms with Gasteiger partial charge in [-0.1, -0.05) is 30.1 Å². The number of aliphatic hydroxyl groups excluding tert-OH is 2. The van der Waals surface area contributed by atoms with Gasteiger partial charge in [-0.2, -0.15) is 0 Å². The summed E-state index contributed by atoms with van der Waals surface area (Å²) >= 11 is 0. The second kappa shape index (κ2) is 23.2. The zero-order valence-corrected chi connectivity index (χ0v) is 38.9. The first kappa shape index (κ1) is 49.6. The van der Waals surface area contributed by atoms with Gasteiger partial charge in [-0.15, -0.1) is 6.58 Å². The van der Waals surface area contributed by atoms with Gasteiger partial charge in [-0.05, 0) is 110 Å². The molecule has 3 aromatic carbocycles. The number of ether oxygens (including phenoxy) is 6. The first-order valence-electron chi connectivity index (χ1n) is 23.3. The number of likely N-dealkylation sites (N-methyl/N-ethyl adjacent to an activating group) is 1. The maximum atomic E-state index is 14.5. The normalized spacial score (nSPS) is 24.4. The lowest BCUT2D eigenvalue weighted by atomic mass is 9.55. The summed E-state index contributed by atoms with van der Waals surface area (Å²) in [6.45, 7) is 4.67. The molecule has 0 radical (unpaired) electrons. The monoisotopic (exact) mass is 938 g/mol. The van der Waals surface area contributed by atoms with Crippen LogP contribution >= 0.6 is 0 Å². The van der Waals surface area contributed by atoms with Crippen molar-refractivity contribution in [3.63, 3.8) is 0 Å². The number of amides is 2. The number of oxime groups is 1. The number of aliphatic hydroxyl groups is 2. The molecule has 2 aliphatic heterocycles. The average Bonchev–Trinajstić information content (AvgIpc) is 3.35. The Bertz CT molecular complexity index is 2350. The van der Waals surface area contributed by atoms with E-state index in [2.05, 4.69) is 18.0 Å². The summed E-state index contributed by atoms with van der Waals surface area (Å²) < 4.78 is 36.9. The molecule has 17 nitrogen and oxygen atoms in total. The highest BCUT2D eigenvalue weighted by molar-refractivity contribution is 6.03. The Balaban J connectivity index is 1.35. The van der Waals surface area contributed by atoms with Gasteiger partial charge in [0, 0.05) is 68.9 Å². The third-order valence-electron chi connectivity index (χ3n) is 13.3. The highest BCUT2D eigenvalue weighted by Crippen LogP contribution is 2.62. The number of carbonyl (C=O) groups excluding carboxylic acids is 2. The van der Waals surface area contributed by atoms with Crippen LogP contribution in [0.1, 0.15) is 81.3 Å². The summed E-state index contributed by atoms with van der Waals surface area (Å²) in [6, 6.07) is 15.3. The molecule has 7 unspecified atom stereocenters. The molecule has 17 heteroatoms. The predicted octanol–water partition coefficient (Wildman–Crippen LogP) is 8.55. The summed E-state index contributed by atoms with van der Waals surface area (Å²) in [5, 5.41) is 38.9. The van der Waals surface area contributed by atoms with Crippen LogP contribution in [0.2, 0.25) is 0 Å². The SMILES string of the molecule is C=CCOC12Oc3ccc(OC(=O)Nc4ccc(OC)cc4OC)cc3C3C(CCCCO)C(CCCCO)C=C(C(=NOC4CCCCO4)CC1N(C)C(=O)C=Cc1ccc([N+](=O)[O-])cc1)C32. The molecule has 0 spiro atoms. The lowest BCUT2D eigenvalue weighted by molar-refractivity contribution is -0.384. The molecular formula is C51H62N4O13. The van der Waals surface area contributed by atoms with Gasteiger partial charge in [-0.25, -0.2) is 4.79 Å². The number of carbonyl (C=O) groups is 2. The van der Waals surface area contributed by atoms with Gasteiger partial charge in [-0.3, -0.25) is 20.2 Å². The molecule has 7 rings (SSSR count). The third-order valence-corrected chi connectivity index (χ3v) is 13.3. The van der Waals surface area contributed by atoms with E-state index in [-0.39, 0.29) is 61.3 Å². The number of fused-ring (bicyclic) bond motifs is 2. The second-order valence-corrected chi connectivity index (χ2v) is 17.4. The quantitative estimate of drug-likeness (QED) is 0.0301. The Morgan fingerprint density at radius 2 is 1.76 bits per heavy atom. The fourth-order valence-corrected chi connectivity index (χ4v) is 10.00. The highest BCUT2D eigenvalue weighted by Gasteiger charge is 2.65. The maximum absolute atomic E-state index is 14.5. The molecule has 3 aromatic rings. The molecule has 0 aromatic heterocycles. The average molecular weight is 939 g/mol. The van der Waals surface area contributed by atoms with Gasteiger partial charge >= 0.3 is 6.09 Å². The van der Waals surface area contributed by atoms with Crippen LogP contribution in [0, 0.1) is 27.9 Å². The van der Waals surface area contributed by atoms with Crippen molar-refractivity contribution >= 4 is 35.2 Å². The number of anilines is 1. The van der Waals surface area contributed by atoms with Crippen LogP contribution in [0.15, 0.2) is 96.2 Å². The molecule has 2 fully saturated rings. The van der Waals surface area contributed by atoms with Crippen molar-refractivity contribution in [2.24, 2.45) is 22.9 Å². The Labute approximate surface area is 396 Å². The molecule has 68 heavy (non-hydrogen) atoms. The topological polar surface area (TPSA) is 210 Å². The fraction of sp³-hybridized carbons (Fsp3) is 0.471. The van der Waals surface area contributed by atoms with Gasteiger partial charge < -0.3 is 48.4 Å². The molecular weight excluding hydrogens is 877 g/mol. The number of nitrogens with one attached hydrogen (secondary N) is 1. The zero-order chi connectivity index (χ0) is 48.2. The van der Waals surface area contributed by atoms with Crippen LogP contribution in [0.4, 0.5) is 16.2 Å². The predicted molar refractivity (Wildman–Crippen MR) is 254 cm³/mol. The number of nitro groups is 1. The number of methoxy groups -OCH3 is 2. The van der Waals surface area contributed by atoms with Crippen molar-refractivity contribution in [1.82, 2.24) is 4.90 Å². The summed E-state index contributed by atoms with van der Waals surface area (Å²) in [4.78, 5) is 46.7. The minimum Gasteiger partial charge on any atom is -0.497 e. The number of hydrogen-bond donors (Lipinski definition) is 3. The minimum absolute atomic E-state index is 0.0228. The van der Waals surface area contributed by atoms with E-state index in [9.17, 15) is 29.9 Å². The first-order chi connectivity index (χ1) is 33.0. The number of nitro benzene ring substituents is 1. The van der Waals surface area contributed by atoms with Crippen LogP contribution in [0.5, 0.6) is 23.0 Å². The van der Waals surface area contributed by atoms with Crippen LogP contribution in [-0.4, -0.2) is 104 Å². The molecule has 2 amide bonds. The second-order valence-electron chi connectivity index (χ2n) is 17.4. The number of rotatable bonds is 21. The van der Waals surface area contributed by atoms with Crippen molar-refractivity contribution in [3.05, 3.63) is 112 Å². The Morgan fingerprint density at radius 1 is 1.00 bits per heavy atom. The van der Waals surface area contributed by atoms with E-state index in [0.29, 0.717) is 72.9 Å². The van der Waals surface area contributed by atoms with Gasteiger partial charge in [0.2, 0.25) is 18.0 Å². The Hall–Kier alpha value is -6.27. The smallest absolute Gasteiger partial charge is 0.417 e. The largest absolute Gasteiger partial charge is 0.497 e. The van der Waals surface area contributed by atoms with Crippen molar-refractivity contribution in [2.75, 3.05) is 53.0 Å². The molecule has 364 valence electrons. The van der Waals surface area contributed by atoms with Crippen LogP contribution in [0.25, 0.3) is 6.08 Å². The van der Waals surface area contributed by atoms with E-state index in [4.69, 9.17) is 38.4 Å². The van der Waals surface area contributed by atoms with E-state index >= 15 is 0 Å². The third kappa shape index (κ3) is 11.2. The molecule has 0 bridgehead atoms. The molecule has 4 aliphatic rings. The van der Waals surface area contributed by atoms with E-state index < -0.39 is 35.1 Å². The molecule has 2 heterocycles. The number of unbranched alkanes of at least 4 members (excludes halogenated alkanes) is 2. The van der Waals surface area contributed by atoms with E-state index in [1.807, 2.05) is 6.07 Å². The Kier molecular flexibility index (Phi) is 16.9. The van der Waals surface area contributed by atoms with Gasteiger partial charge in [0.25, 0.3) is 5.69 Å². The standard InChI is InChI=1S/C51H62N4O13/c1-5-27-65-51-45(54(2)46(58)24-17-33-15-18-35(19-16-33)55(60)61)32-42(53-68-47-14-8-11-28-64-47)39-29-34(12-6-9-25-56)38(13-7-10-26-57)48(49(39)51)40-30-37(21-23-43(40)67-51)66-50(59)52-41-22-20-36(62-3)31-44(41)63-4/h5,15-24,29-31,34,38,45,47-49,56-57H,1,6-14,25-28,32H2,2-4H3,(H,52,59). The zero-order valence-electron chi connectivity index (χ0n) is 38.9. The number of hydrogen-bond acceptors (Lipinski definition) is 14. The van der Waals surface area contributed by atoms with Crippen LogP contribution in [-0.2, 0) is 19.1 Å². The van der Waals surface area contributed by atoms with Crippen molar-refractivity contribution in [1.29, 1.82) is 0 Å². The summed E-state index contributed by atoms with van der Waals surface area (Å²) in [6.07, 6.45) is 12.4. The van der Waals surface area contributed by atoms with E-state index in [1.165, 1.54) is 32.4 Å². The van der Waals surface area contributed by atoms with Gasteiger partial charge in [0.05, 0.1) is 49.7 Å². The number of benzene rings is 3. The first-order valence-corrected chi connectivity index (χ1v) is 23.3. The van der Waals surface area contributed by atoms with E-state index in [0.717, 1.165) is 36.8 Å². The lowest BCUT2D eigenvalue weighted by Gasteiger charge is -2.59. The number of allylic oxidation sites excluding steroid dienone is 1. The summed E-state index contributed by atoms with van der Waals surface area (Å²) in [7, 11) is 4.71. The fourth-order valence-electron chi connectivity index (χ4n) is 10.00. The van der Waals surface area contributed by atoms with Crippen molar-refractivity contribution < 1.29 is 58.0 Å². The minimum atomic E-state index is -1.53. The summed E-state index contributed by atoms with van der Waals surface area (Å²) in [5.41, 5.74) is 3.10. The van der Waals surface area contributed by atoms with Gasteiger partial charge in [0.15, 0.2) is 0 Å². The van der Waals surface area contributed by atoms with Crippen LogP contribution < -0.4 is 24.3 Å². The highest BCUT2D eigenvalue weighted by atomic mass is 16.8. The lowest BCUT2D eigenvalue weighted by Crippen LogP contribution is -2.69. The van der Waals surface area contributed by atoms with Crippen molar-refractivity contribution in [2.45, 2.75) is 88.2 Å². The number of nitrogens with zero attached hydrogens (tertiary/aromatic N) is 3. The van der Waals surface area contributed by atoms with E-state index in [1.54, 1.807) is 66.6 Å².